The molecule has 0 aliphatic heterocycles. The lowest BCUT2D eigenvalue weighted by atomic mass is 10.1. The van der Waals surface area contributed by atoms with Gasteiger partial charge in [-0.3, -0.25) is 0 Å². The van der Waals surface area contributed by atoms with Crippen LogP contribution in [0.25, 0.3) is 11.3 Å². The van der Waals surface area contributed by atoms with Gasteiger partial charge in [0.05, 0.1) is 17.1 Å². The zero-order valence-corrected chi connectivity index (χ0v) is 15.3. The van der Waals surface area contributed by atoms with Crippen LogP contribution in [0.3, 0.4) is 0 Å². The molecule has 0 bridgehead atoms. The van der Waals surface area contributed by atoms with E-state index in [1.54, 1.807) is 17.3 Å². The first-order valence-electron chi connectivity index (χ1n) is 8.82. The highest BCUT2D eigenvalue weighted by atomic mass is 15.3. The van der Waals surface area contributed by atoms with Crippen molar-refractivity contribution in [3.8, 4) is 5.69 Å². The molecule has 0 radical (unpaired) electrons. The zero-order chi connectivity index (χ0) is 18.1. The molecule has 6 nitrogen and oxygen atoms in total. The number of anilines is 1. The maximum atomic E-state index is 4.75. The molecule has 0 atom stereocenters. The lowest BCUT2D eigenvalue weighted by molar-refractivity contribution is 0.866. The summed E-state index contributed by atoms with van der Waals surface area (Å²) < 4.78 is 3.87. The molecule has 3 aromatic heterocycles. The monoisotopic (exact) mass is 346 g/mol. The Morgan fingerprint density at radius 3 is 2.65 bits per heavy atom. The third-order valence-electron chi connectivity index (χ3n) is 4.83. The van der Waals surface area contributed by atoms with Gasteiger partial charge in [-0.15, -0.1) is 0 Å². The van der Waals surface area contributed by atoms with Crippen molar-refractivity contribution in [2.24, 2.45) is 0 Å². The fourth-order valence-electron chi connectivity index (χ4n) is 3.22. The van der Waals surface area contributed by atoms with E-state index in [0.29, 0.717) is 0 Å². The minimum Gasteiger partial charge on any atom is -0.378 e. The predicted molar refractivity (Wildman–Crippen MR) is 103 cm³/mol. The molecule has 0 fully saturated rings. The van der Waals surface area contributed by atoms with E-state index in [1.165, 1.54) is 11.1 Å². The summed E-state index contributed by atoms with van der Waals surface area (Å²) >= 11 is 0. The van der Waals surface area contributed by atoms with Gasteiger partial charge in [0.2, 0.25) is 0 Å². The maximum Gasteiger partial charge on any atom is 0.160 e. The fourth-order valence-corrected chi connectivity index (χ4v) is 3.22. The maximum absolute atomic E-state index is 4.75. The highest BCUT2D eigenvalue weighted by Gasteiger charge is 2.12. The van der Waals surface area contributed by atoms with Crippen molar-refractivity contribution >= 4 is 11.3 Å². The number of hydrogen-bond acceptors (Lipinski definition) is 4. The Balaban J connectivity index is 1.77. The standard InChI is InChI=1S/C20H22N6/c1-4-16-7-5-6-8-17(16)10-22-19-9-18(26-13-21-12-23-26)11-25-15(3)14(2)24-20(19)25/h5-9,11-13,22H,4,10H2,1-3H3. The highest BCUT2D eigenvalue weighted by Crippen LogP contribution is 2.24. The number of fused-ring (bicyclic) bond motifs is 1. The fraction of sp³-hybridized carbons (Fsp3) is 0.250. The molecule has 1 N–H and O–H groups in total. The Morgan fingerprint density at radius 1 is 1.12 bits per heavy atom. The van der Waals surface area contributed by atoms with Gasteiger partial charge in [-0.25, -0.2) is 14.6 Å². The molecule has 0 spiro atoms. The van der Waals surface area contributed by atoms with Gasteiger partial charge in [-0.2, -0.15) is 5.10 Å². The third-order valence-corrected chi connectivity index (χ3v) is 4.83. The van der Waals surface area contributed by atoms with E-state index in [9.17, 15) is 0 Å². The lowest BCUT2D eigenvalue weighted by Gasteiger charge is -2.13. The first-order valence-corrected chi connectivity index (χ1v) is 8.82. The highest BCUT2D eigenvalue weighted by molar-refractivity contribution is 5.71. The van der Waals surface area contributed by atoms with Crippen LogP contribution in [0.15, 0.2) is 49.2 Å². The second kappa shape index (κ2) is 6.63. The van der Waals surface area contributed by atoms with E-state index in [0.717, 1.165) is 41.4 Å². The third kappa shape index (κ3) is 2.83. The number of nitrogens with zero attached hydrogens (tertiary/aromatic N) is 5. The summed E-state index contributed by atoms with van der Waals surface area (Å²) in [6, 6.07) is 10.6. The molecule has 0 aliphatic carbocycles. The molecule has 0 unspecified atom stereocenters. The smallest absolute Gasteiger partial charge is 0.160 e. The van der Waals surface area contributed by atoms with E-state index >= 15 is 0 Å². The van der Waals surface area contributed by atoms with Crippen molar-refractivity contribution in [3.05, 3.63) is 71.7 Å². The normalized spacial score (nSPS) is 11.2. The van der Waals surface area contributed by atoms with Crippen LogP contribution in [-0.4, -0.2) is 24.1 Å². The lowest BCUT2D eigenvalue weighted by Crippen LogP contribution is -2.06. The summed E-state index contributed by atoms with van der Waals surface area (Å²) in [5.74, 6) is 0. The largest absolute Gasteiger partial charge is 0.378 e. The average molecular weight is 346 g/mol. The molecule has 0 aliphatic rings. The van der Waals surface area contributed by atoms with Crippen molar-refractivity contribution in [1.29, 1.82) is 0 Å². The van der Waals surface area contributed by atoms with Gasteiger partial charge in [0.1, 0.15) is 12.7 Å². The summed E-state index contributed by atoms with van der Waals surface area (Å²) in [4.78, 5) is 8.80. The molecule has 0 amide bonds. The summed E-state index contributed by atoms with van der Waals surface area (Å²) in [6.07, 6.45) is 6.32. The van der Waals surface area contributed by atoms with Crippen molar-refractivity contribution in [1.82, 2.24) is 24.1 Å². The molecule has 26 heavy (non-hydrogen) atoms. The average Bonchev–Trinajstić information content (AvgIpc) is 3.29. The molecular weight excluding hydrogens is 324 g/mol. The predicted octanol–water partition coefficient (Wildman–Crippen LogP) is 3.71. The van der Waals surface area contributed by atoms with Crippen molar-refractivity contribution in [2.45, 2.75) is 33.7 Å². The van der Waals surface area contributed by atoms with Crippen LogP contribution < -0.4 is 5.32 Å². The molecular formula is C20H22N6. The van der Waals surface area contributed by atoms with Gasteiger partial charge in [-0.05, 0) is 37.5 Å². The van der Waals surface area contributed by atoms with E-state index in [4.69, 9.17) is 4.98 Å². The van der Waals surface area contributed by atoms with Gasteiger partial charge >= 0.3 is 0 Å². The first-order chi connectivity index (χ1) is 12.7. The summed E-state index contributed by atoms with van der Waals surface area (Å²) in [5.41, 5.74) is 7.68. The van der Waals surface area contributed by atoms with Gasteiger partial charge in [0, 0.05) is 18.4 Å². The number of rotatable bonds is 5. The molecule has 6 heteroatoms. The van der Waals surface area contributed by atoms with Gasteiger partial charge in [-0.1, -0.05) is 31.2 Å². The topological polar surface area (TPSA) is 60.0 Å². The van der Waals surface area contributed by atoms with Crippen LogP contribution >= 0.6 is 0 Å². The number of aromatic nitrogens is 5. The number of imidazole rings is 1. The Bertz CT molecular complexity index is 1050. The number of hydrogen-bond donors (Lipinski definition) is 1. The minimum absolute atomic E-state index is 0.755. The zero-order valence-electron chi connectivity index (χ0n) is 15.3. The Labute approximate surface area is 152 Å². The SMILES string of the molecule is CCc1ccccc1CNc1cc(-n2cncn2)cn2c(C)c(C)nc12. The number of benzene rings is 1. The number of nitrogens with one attached hydrogen (secondary N) is 1. The van der Waals surface area contributed by atoms with E-state index in [-0.39, 0.29) is 0 Å². The van der Waals surface area contributed by atoms with Crippen molar-refractivity contribution in [2.75, 3.05) is 5.32 Å². The molecule has 0 saturated carbocycles. The van der Waals surface area contributed by atoms with E-state index in [1.807, 2.05) is 13.1 Å². The van der Waals surface area contributed by atoms with Crippen LogP contribution in [0.1, 0.15) is 29.4 Å². The van der Waals surface area contributed by atoms with Crippen molar-refractivity contribution in [3.63, 3.8) is 0 Å². The van der Waals surface area contributed by atoms with Crippen LogP contribution in [0.4, 0.5) is 5.69 Å². The molecule has 4 rings (SSSR count). The van der Waals surface area contributed by atoms with E-state index < -0.39 is 0 Å². The van der Waals surface area contributed by atoms with Crippen LogP contribution in [0.5, 0.6) is 0 Å². The van der Waals surface area contributed by atoms with E-state index in [2.05, 4.69) is 64.0 Å². The molecule has 3 heterocycles. The van der Waals surface area contributed by atoms with Crippen LogP contribution in [0.2, 0.25) is 0 Å². The van der Waals surface area contributed by atoms with Crippen molar-refractivity contribution < 1.29 is 0 Å². The molecule has 132 valence electrons. The Kier molecular flexibility index (Phi) is 4.16. The second-order valence-corrected chi connectivity index (χ2v) is 6.40. The second-order valence-electron chi connectivity index (χ2n) is 6.40. The minimum atomic E-state index is 0.755. The molecule has 0 saturated heterocycles. The number of aryl methyl sites for hydroxylation is 3. The number of pyridine rings is 1. The Hall–Kier alpha value is -3.15. The quantitative estimate of drug-likeness (QED) is 0.598. The van der Waals surface area contributed by atoms with Gasteiger partial charge in [0.25, 0.3) is 0 Å². The Morgan fingerprint density at radius 2 is 1.92 bits per heavy atom. The summed E-state index contributed by atoms with van der Waals surface area (Å²) in [6.45, 7) is 7.05. The first kappa shape index (κ1) is 16.3. The van der Waals surface area contributed by atoms with Gasteiger partial charge < -0.3 is 9.72 Å². The van der Waals surface area contributed by atoms with Crippen LogP contribution in [0, 0.1) is 13.8 Å². The summed E-state index contributed by atoms with van der Waals surface area (Å²) in [5, 5.41) is 7.84. The van der Waals surface area contributed by atoms with Crippen LogP contribution in [-0.2, 0) is 13.0 Å². The van der Waals surface area contributed by atoms with Gasteiger partial charge in [0.15, 0.2) is 5.65 Å². The summed E-state index contributed by atoms with van der Waals surface area (Å²) in [7, 11) is 0. The molecule has 1 aromatic carbocycles. The molecule has 4 aromatic rings.